The maximum atomic E-state index is 12.1. The summed E-state index contributed by atoms with van der Waals surface area (Å²) in [6.07, 6.45) is 0.216. The number of benzene rings is 1. The van der Waals surface area contributed by atoms with Crippen molar-refractivity contribution in [2.24, 2.45) is 5.73 Å². The van der Waals surface area contributed by atoms with Gasteiger partial charge in [0.15, 0.2) is 0 Å². The van der Waals surface area contributed by atoms with Crippen molar-refractivity contribution in [3.63, 3.8) is 0 Å². The van der Waals surface area contributed by atoms with Gasteiger partial charge in [0, 0.05) is 17.8 Å². The summed E-state index contributed by atoms with van der Waals surface area (Å²) in [7, 11) is -3.56. The predicted octanol–water partition coefficient (Wildman–Crippen LogP) is 1.94. The van der Waals surface area contributed by atoms with Crippen LogP contribution in [0.15, 0.2) is 46.0 Å². The number of sulfonamides is 1. The second-order valence-corrected chi connectivity index (χ2v) is 9.03. The first-order chi connectivity index (χ1) is 11.2. The maximum absolute atomic E-state index is 12.1. The highest BCUT2D eigenvalue weighted by molar-refractivity contribution is 7.94. The molecule has 0 aliphatic carbocycles. The van der Waals surface area contributed by atoms with E-state index in [4.69, 9.17) is 5.73 Å². The van der Waals surface area contributed by atoms with Gasteiger partial charge in [0.25, 0.3) is 10.0 Å². The van der Waals surface area contributed by atoms with Crippen molar-refractivity contribution < 1.29 is 13.2 Å². The molecule has 0 fully saturated rings. The van der Waals surface area contributed by atoms with Gasteiger partial charge in [-0.1, -0.05) is 18.2 Å². The lowest BCUT2D eigenvalue weighted by molar-refractivity contribution is -0.120. The molecule has 6 nitrogen and oxygen atoms in total. The summed E-state index contributed by atoms with van der Waals surface area (Å²) in [5.41, 5.74) is 6.61. The first kappa shape index (κ1) is 18.4. The Bertz CT molecular complexity index is 777. The average molecular weight is 367 g/mol. The van der Waals surface area contributed by atoms with Crippen molar-refractivity contribution in [2.45, 2.75) is 30.0 Å². The number of hydrogen-bond donors (Lipinski definition) is 3. The molecule has 130 valence electrons. The van der Waals surface area contributed by atoms with Gasteiger partial charge < -0.3 is 11.1 Å². The molecule has 24 heavy (non-hydrogen) atoms. The summed E-state index contributed by atoms with van der Waals surface area (Å²) in [6, 6.07) is 9.95. The van der Waals surface area contributed by atoms with E-state index in [1.54, 1.807) is 41.8 Å². The fourth-order valence-corrected chi connectivity index (χ4v) is 3.94. The van der Waals surface area contributed by atoms with Crippen molar-refractivity contribution in [2.75, 3.05) is 11.3 Å². The molecular formula is C16H21N3O3S2. The molecule has 0 unspecified atom stereocenters. The van der Waals surface area contributed by atoms with Crippen LogP contribution in [-0.4, -0.2) is 26.4 Å². The zero-order valence-corrected chi connectivity index (χ0v) is 15.2. The summed E-state index contributed by atoms with van der Waals surface area (Å²) in [4.78, 5) is 11.9. The number of anilines is 1. The van der Waals surface area contributed by atoms with Crippen LogP contribution in [0, 0.1) is 0 Å². The van der Waals surface area contributed by atoms with Gasteiger partial charge in [-0.25, -0.2) is 8.42 Å². The Hall–Kier alpha value is -1.90. The zero-order valence-electron chi connectivity index (χ0n) is 13.6. The maximum Gasteiger partial charge on any atom is 0.271 e. The highest BCUT2D eigenvalue weighted by Crippen LogP contribution is 2.20. The number of amides is 1. The van der Waals surface area contributed by atoms with Crippen molar-refractivity contribution in [1.29, 1.82) is 0 Å². The Morgan fingerprint density at radius 3 is 2.42 bits per heavy atom. The van der Waals surface area contributed by atoms with E-state index in [9.17, 15) is 13.2 Å². The minimum Gasteiger partial charge on any atom is -0.354 e. The lowest BCUT2D eigenvalue weighted by Gasteiger charge is -2.18. The van der Waals surface area contributed by atoms with Gasteiger partial charge in [0.1, 0.15) is 4.21 Å². The molecular weight excluding hydrogens is 346 g/mol. The SMILES string of the molecule is CC(C)(N)CNC(=O)Cc1ccc(NS(=O)(=O)c2cccs2)cc1. The number of hydrogen-bond acceptors (Lipinski definition) is 5. The minimum atomic E-state index is -3.56. The molecule has 0 atom stereocenters. The van der Waals surface area contributed by atoms with E-state index in [0.717, 1.165) is 16.9 Å². The van der Waals surface area contributed by atoms with Crippen LogP contribution in [0.3, 0.4) is 0 Å². The van der Waals surface area contributed by atoms with Gasteiger partial charge >= 0.3 is 0 Å². The zero-order chi connectivity index (χ0) is 17.8. The summed E-state index contributed by atoms with van der Waals surface area (Å²) >= 11 is 1.15. The fourth-order valence-electron chi connectivity index (χ4n) is 1.89. The van der Waals surface area contributed by atoms with E-state index in [1.165, 1.54) is 0 Å². The summed E-state index contributed by atoms with van der Waals surface area (Å²) in [5.74, 6) is -0.125. The van der Waals surface area contributed by atoms with Crippen molar-refractivity contribution in [3.8, 4) is 0 Å². The molecule has 2 aromatic rings. The van der Waals surface area contributed by atoms with Gasteiger partial charge in [-0.05, 0) is 43.0 Å². The molecule has 0 spiro atoms. The standard InChI is InChI=1S/C16H21N3O3S2/c1-16(2,17)11-18-14(20)10-12-5-7-13(8-6-12)19-24(21,22)15-4-3-9-23-15/h3-9,19H,10-11,17H2,1-2H3,(H,18,20). The lowest BCUT2D eigenvalue weighted by Crippen LogP contribution is -2.45. The van der Waals surface area contributed by atoms with Gasteiger partial charge in [0.2, 0.25) is 5.91 Å². The number of carbonyl (C=O) groups excluding carboxylic acids is 1. The Morgan fingerprint density at radius 2 is 1.88 bits per heavy atom. The van der Waals surface area contributed by atoms with Crippen LogP contribution >= 0.6 is 11.3 Å². The van der Waals surface area contributed by atoms with Crippen LogP contribution in [-0.2, 0) is 21.2 Å². The van der Waals surface area contributed by atoms with Gasteiger partial charge in [0.05, 0.1) is 6.42 Å². The molecule has 1 heterocycles. The molecule has 1 aromatic carbocycles. The summed E-state index contributed by atoms with van der Waals surface area (Å²) in [5, 5.41) is 4.48. The van der Waals surface area contributed by atoms with Crippen LogP contribution in [0.5, 0.6) is 0 Å². The fraction of sp³-hybridized carbons (Fsp3) is 0.312. The van der Waals surface area contributed by atoms with E-state index < -0.39 is 15.6 Å². The number of nitrogens with two attached hydrogens (primary N) is 1. The predicted molar refractivity (Wildman–Crippen MR) is 96.5 cm³/mol. The molecule has 0 saturated carbocycles. The van der Waals surface area contributed by atoms with E-state index in [0.29, 0.717) is 12.2 Å². The molecule has 0 aliphatic heterocycles. The monoisotopic (exact) mass is 367 g/mol. The van der Waals surface area contributed by atoms with Crippen molar-refractivity contribution in [3.05, 3.63) is 47.3 Å². The second-order valence-electron chi connectivity index (χ2n) is 6.18. The average Bonchev–Trinajstić information content (AvgIpc) is 3.01. The number of nitrogens with one attached hydrogen (secondary N) is 2. The van der Waals surface area contributed by atoms with Gasteiger partial charge in [-0.3, -0.25) is 9.52 Å². The summed E-state index contributed by atoms with van der Waals surface area (Å²) < 4.78 is 27.0. The van der Waals surface area contributed by atoms with E-state index in [2.05, 4.69) is 10.0 Å². The third-order valence-corrected chi connectivity index (χ3v) is 5.85. The topological polar surface area (TPSA) is 101 Å². The molecule has 8 heteroatoms. The van der Waals surface area contributed by atoms with Crippen LogP contribution in [0.2, 0.25) is 0 Å². The Morgan fingerprint density at radius 1 is 1.21 bits per heavy atom. The molecule has 1 aromatic heterocycles. The molecule has 0 saturated heterocycles. The molecule has 0 aliphatic rings. The van der Waals surface area contributed by atoms with Crippen LogP contribution in [0.4, 0.5) is 5.69 Å². The first-order valence-corrected chi connectivity index (χ1v) is 9.73. The highest BCUT2D eigenvalue weighted by Gasteiger charge is 2.15. The lowest BCUT2D eigenvalue weighted by atomic mass is 10.1. The normalized spacial score (nSPS) is 12.0. The van der Waals surface area contributed by atoms with Crippen molar-refractivity contribution >= 4 is 33.0 Å². The molecule has 4 N–H and O–H groups in total. The molecule has 0 radical (unpaired) electrons. The smallest absolute Gasteiger partial charge is 0.271 e. The Labute approximate surface area is 146 Å². The second kappa shape index (κ2) is 7.33. The molecule has 0 bridgehead atoms. The number of thiophene rings is 1. The third kappa shape index (κ3) is 5.63. The van der Waals surface area contributed by atoms with Gasteiger partial charge in [-0.15, -0.1) is 11.3 Å². The highest BCUT2D eigenvalue weighted by atomic mass is 32.2. The molecule has 1 amide bonds. The minimum absolute atomic E-state index is 0.125. The Balaban J connectivity index is 1.95. The van der Waals surface area contributed by atoms with Crippen LogP contribution in [0.1, 0.15) is 19.4 Å². The quantitative estimate of drug-likeness (QED) is 0.696. The number of carbonyl (C=O) groups is 1. The summed E-state index contributed by atoms with van der Waals surface area (Å²) in [6.45, 7) is 4.06. The van der Waals surface area contributed by atoms with Crippen molar-refractivity contribution in [1.82, 2.24) is 5.32 Å². The largest absolute Gasteiger partial charge is 0.354 e. The molecule has 2 rings (SSSR count). The Kier molecular flexibility index (Phi) is 5.63. The van der Waals surface area contributed by atoms with E-state index in [1.807, 2.05) is 13.8 Å². The van der Waals surface area contributed by atoms with Gasteiger partial charge in [-0.2, -0.15) is 0 Å². The van der Waals surface area contributed by atoms with E-state index >= 15 is 0 Å². The van der Waals surface area contributed by atoms with E-state index in [-0.39, 0.29) is 16.5 Å². The number of rotatable bonds is 7. The van der Waals surface area contributed by atoms with Crippen LogP contribution < -0.4 is 15.8 Å². The van der Waals surface area contributed by atoms with Crippen LogP contribution in [0.25, 0.3) is 0 Å². The first-order valence-electron chi connectivity index (χ1n) is 7.37. The third-order valence-electron chi connectivity index (χ3n) is 3.07.